The molecule has 1 amide bonds. The highest BCUT2D eigenvalue weighted by Crippen LogP contribution is 2.23. The molecule has 1 aromatic carbocycles. The first-order valence-corrected chi connectivity index (χ1v) is 6.72. The van der Waals surface area contributed by atoms with E-state index in [4.69, 9.17) is 23.2 Å². The van der Waals surface area contributed by atoms with Crippen molar-refractivity contribution >= 4 is 45.0 Å². The summed E-state index contributed by atoms with van der Waals surface area (Å²) >= 11 is 15.2. The molecule has 0 radical (unpaired) electrons. The predicted molar refractivity (Wildman–Crippen MR) is 71.8 cm³/mol. The van der Waals surface area contributed by atoms with E-state index in [9.17, 15) is 4.79 Å². The molecule has 1 aromatic rings. The molecule has 0 aliphatic rings. The molecular weight excluding hydrogens is 313 g/mol. The smallest absolute Gasteiger partial charge is 0.254 e. The molecule has 1 unspecified atom stereocenters. The predicted octanol–water partition coefficient (Wildman–Crippen LogP) is 3.75. The second-order valence-corrected chi connectivity index (χ2v) is 5.03. The third-order valence-electron chi connectivity index (χ3n) is 2.06. The maximum atomic E-state index is 11.8. The van der Waals surface area contributed by atoms with Crippen LogP contribution in [0.15, 0.2) is 18.2 Å². The number of hydrogen-bond acceptors (Lipinski definition) is 1. The van der Waals surface area contributed by atoms with Gasteiger partial charge in [-0.25, -0.2) is 0 Å². The number of hydrogen-bond donors (Lipinski definition) is 1. The van der Waals surface area contributed by atoms with Crippen molar-refractivity contribution in [3.8, 4) is 0 Å². The number of halogens is 3. The van der Waals surface area contributed by atoms with Crippen LogP contribution >= 0.6 is 39.1 Å². The van der Waals surface area contributed by atoms with E-state index in [2.05, 4.69) is 21.2 Å². The van der Waals surface area contributed by atoms with Crippen molar-refractivity contribution in [3.63, 3.8) is 0 Å². The quantitative estimate of drug-likeness (QED) is 0.839. The van der Waals surface area contributed by atoms with Crippen molar-refractivity contribution in [3.05, 3.63) is 33.8 Å². The third-order valence-corrected chi connectivity index (χ3v) is 3.80. The number of rotatable bonds is 4. The molecule has 0 aromatic heterocycles. The first-order chi connectivity index (χ1) is 7.56. The van der Waals surface area contributed by atoms with Crippen LogP contribution in [0.4, 0.5) is 0 Å². The molecule has 1 N–H and O–H groups in total. The molecule has 0 aliphatic heterocycles. The monoisotopic (exact) mass is 323 g/mol. The Hall–Kier alpha value is -0.250. The number of nitrogens with one attached hydrogen (secondary N) is 1. The second-order valence-electron chi connectivity index (χ2n) is 3.57. The van der Waals surface area contributed by atoms with Crippen LogP contribution in [-0.2, 0) is 0 Å². The van der Waals surface area contributed by atoms with Crippen LogP contribution in [0.1, 0.15) is 17.3 Å². The van der Waals surface area contributed by atoms with Gasteiger partial charge in [0, 0.05) is 11.9 Å². The minimum atomic E-state index is -0.233. The molecule has 16 heavy (non-hydrogen) atoms. The van der Waals surface area contributed by atoms with Gasteiger partial charge in [-0.3, -0.25) is 4.79 Å². The van der Waals surface area contributed by atoms with Gasteiger partial charge in [-0.1, -0.05) is 52.1 Å². The Morgan fingerprint density at radius 2 is 2.00 bits per heavy atom. The van der Waals surface area contributed by atoms with E-state index in [-0.39, 0.29) is 5.91 Å². The van der Waals surface area contributed by atoms with Crippen molar-refractivity contribution in [1.29, 1.82) is 0 Å². The molecular formula is C11H12BrCl2NO. The summed E-state index contributed by atoms with van der Waals surface area (Å²) in [5, 5.41) is 4.37. The molecule has 1 rings (SSSR count). The summed E-state index contributed by atoms with van der Waals surface area (Å²) in [5.41, 5.74) is 0.340. The van der Waals surface area contributed by atoms with Crippen molar-refractivity contribution < 1.29 is 4.79 Å². The van der Waals surface area contributed by atoms with Gasteiger partial charge in [0.1, 0.15) is 0 Å². The van der Waals surface area contributed by atoms with E-state index in [0.29, 0.717) is 28.1 Å². The van der Waals surface area contributed by atoms with Crippen LogP contribution in [0.3, 0.4) is 0 Å². The zero-order chi connectivity index (χ0) is 12.1. The van der Waals surface area contributed by atoms with E-state index in [1.165, 1.54) is 0 Å². The summed E-state index contributed by atoms with van der Waals surface area (Å²) in [7, 11) is 0. The van der Waals surface area contributed by atoms with Crippen LogP contribution < -0.4 is 5.32 Å². The molecule has 5 heteroatoms. The fourth-order valence-corrected chi connectivity index (χ4v) is 1.92. The first-order valence-electron chi connectivity index (χ1n) is 4.84. The van der Waals surface area contributed by atoms with Crippen LogP contribution in [0.5, 0.6) is 0 Å². The lowest BCUT2D eigenvalue weighted by Gasteiger charge is -2.11. The van der Waals surface area contributed by atoms with Gasteiger partial charge >= 0.3 is 0 Å². The first kappa shape index (κ1) is 13.8. The minimum Gasteiger partial charge on any atom is -0.352 e. The Bertz CT molecular complexity index is 364. The van der Waals surface area contributed by atoms with Crippen molar-refractivity contribution in [2.45, 2.75) is 6.92 Å². The van der Waals surface area contributed by atoms with Crippen molar-refractivity contribution in [2.24, 2.45) is 5.92 Å². The third kappa shape index (κ3) is 3.65. The topological polar surface area (TPSA) is 29.1 Å². The van der Waals surface area contributed by atoms with E-state index in [1.807, 2.05) is 6.92 Å². The Kier molecular flexibility index (Phi) is 5.59. The van der Waals surface area contributed by atoms with E-state index in [0.717, 1.165) is 5.33 Å². The Morgan fingerprint density at radius 1 is 1.44 bits per heavy atom. The summed E-state index contributed by atoms with van der Waals surface area (Å²) in [6.07, 6.45) is 0. The van der Waals surface area contributed by atoms with E-state index in [1.54, 1.807) is 18.2 Å². The largest absolute Gasteiger partial charge is 0.352 e. The molecule has 0 saturated carbocycles. The molecule has 0 aliphatic carbocycles. The normalized spacial score (nSPS) is 12.2. The summed E-state index contributed by atoms with van der Waals surface area (Å²) in [4.78, 5) is 11.8. The van der Waals surface area contributed by atoms with Crippen LogP contribution in [-0.4, -0.2) is 17.8 Å². The minimum absolute atomic E-state index is 0.233. The van der Waals surface area contributed by atoms with E-state index >= 15 is 0 Å². The second kappa shape index (κ2) is 6.48. The Morgan fingerprint density at radius 3 is 2.50 bits per heavy atom. The van der Waals surface area contributed by atoms with Crippen molar-refractivity contribution in [1.82, 2.24) is 5.32 Å². The maximum Gasteiger partial charge on any atom is 0.254 e. The molecule has 2 nitrogen and oxygen atoms in total. The number of alkyl halides is 1. The van der Waals surface area contributed by atoms with Gasteiger partial charge in [0.25, 0.3) is 5.91 Å². The number of carbonyl (C=O) groups excluding carboxylic acids is 1. The molecule has 1 atom stereocenters. The summed E-state index contributed by atoms with van der Waals surface area (Å²) in [5.74, 6) is 0.133. The molecule has 0 spiro atoms. The van der Waals surface area contributed by atoms with Crippen LogP contribution in [0, 0.1) is 5.92 Å². The van der Waals surface area contributed by atoms with Gasteiger partial charge in [0.15, 0.2) is 0 Å². The maximum absolute atomic E-state index is 11.8. The lowest BCUT2D eigenvalue weighted by molar-refractivity contribution is 0.0949. The fourth-order valence-electron chi connectivity index (χ4n) is 1.12. The summed E-state index contributed by atoms with van der Waals surface area (Å²) in [6, 6.07) is 5.01. The number of benzene rings is 1. The molecule has 0 saturated heterocycles. The van der Waals surface area contributed by atoms with Gasteiger partial charge in [0.2, 0.25) is 0 Å². The van der Waals surface area contributed by atoms with Gasteiger partial charge in [-0.05, 0) is 18.1 Å². The van der Waals surface area contributed by atoms with Gasteiger partial charge in [-0.2, -0.15) is 0 Å². The zero-order valence-corrected chi connectivity index (χ0v) is 11.9. The fraction of sp³-hybridized carbons (Fsp3) is 0.364. The average molecular weight is 325 g/mol. The van der Waals surface area contributed by atoms with E-state index < -0.39 is 0 Å². The highest BCUT2D eigenvalue weighted by Gasteiger charge is 2.14. The Balaban J connectivity index is 2.73. The van der Waals surface area contributed by atoms with Gasteiger partial charge in [0.05, 0.1) is 15.6 Å². The lowest BCUT2D eigenvalue weighted by atomic mass is 10.2. The average Bonchev–Trinajstić information content (AvgIpc) is 2.25. The zero-order valence-electron chi connectivity index (χ0n) is 8.77. The van der Waals surface area contributed by atoms with Crippen LogP contribution in [0.2, 0.25) is 10.0 Å². The highest BCUT2D eigenvalue weighted by molar-refractivity contribution is 9.09. The van der Waals surface area contributed by atoms with Gasteiger partial charge in [-0.15, -0.1) is 0 Å². The number of amides is 1. The highest BCUT2D eigenvalue weighted by atomic mass is 79.9. The van der Waals surface area contributed by atoms with Crippen LogP contribution in [0.25, 0.3) is 0 Å². The molecule has 0 heterocycles. The lowest BCUT2D eigenvalue weighted by Crippen LogP contribution is -2.29. The van der Waals surface area contributed by atoms with Gasteiger partial charge < -0.3 is 5.32 Å². The number of carbonyl (C=O) groups is 1. The summed E-state index contributed by atoms with van der Waals surface area (Å²) < 4.78 is 0. The van der Waals surface area contributed by atoms with Crippen molar-refractivity contribution in [2.75, 3.05) is 11.9 Å². The molecule has 88 valence electrons. The Labute approximate surface area is 113 Å². The standard InChI is InChI=1S/C11H12BrCl2NO/c1-7(5-12)6-15-11(16)10-8(13)3-2-4-9(10)14/h2-4,7H,5-6H2,1H3,(H,15,16). The SMILES string of the molecule is CC(CBr)CNC(=O)c1c(Cl)cccc1Cl. The molecule has 0 fully saturated rings. The summed E-state index contributed by atoms with van der Waals surface area (Å²) in [6.45, 7) is 2.62. The molecule has 0 bridgehead atoms.